The number of anilines is 1. The molecule has 1 rings (SSSR count). The normalized spacial score (nSPS) is 14.5. The number of nitrogens with two attached hydrogens (primary N) is 1. The molecule has 0 bridgehead atoms. The summed E-state index contributed by atoms with van der Waals surface area (Å²) >= 11 is 0. The highest BCUT2D eigenvalue weighted by Crippen LogP contribution is 2.14. The van der Waals surface area contributed by atoms with Crippen molar-refractivity contribution in [2.45, 2.75) is 19.8 Å². The molecular weight excluding hydrogens is 124 g/mol. The Morgan fingerprint density at radius 2 is 2.30 bits per heavy atom. The zero-order chi connectivity index (χ0) is 10.2. The molecule has 0 aliphatic rings. The second kappa shape index (κ2) is 2.69. The molecule has 0 amide bonds. The molecule has 0 aliphatic heterocycles. The fraction of sp³-hybridized carbons (Fsp3) is 0.375. The predicted octanol–water partition coefficient (Wildman–Crippen LogP) is 1.79. The van der Waals surface area contributed by atoms with Crippen LogP contribution < -0.4 is 5.73 Å². The smallest absolute Gasteiger partial charge is 0.0862 e. The molecule has 0 radical (unpaired) electrons. The summed E-state index contributed by atoms with van der Waals surface area (Å²) < 4.78 is 22.3. The minimum atomic E-state index is -0.181. The summed E-state index contributed by atoms with van der Waals surface area (Å²) in [6.07, 6.45) is -0.196. The molecule has 1 aromatic heterocycles. The predicted molar refractivity (Wildman–Crippen MR) is 42.7 cm³/mol. The number of pyridine rings is 1. The summed E-state index contributed by atoms with van der Waals surface area (Å²) in [5.41, 5.74) is 6.03. The summed E-state index contributed by atoms with van der Waals surface area (Å²) in [7, 11) is 0. The van der Waals surface area contributed by atoms with E-state index in [0.717, 1.165) is 0 Å². The fourth-order valence-corrected chi connectivity index (χ4v) is 0.623. The highest BCUT2D eigenvalue weighted by atomic mass is 14.7. The quantitative estimate of drug-likeness (QED) is 0.644. The van der Waals surface area contributed by atoms with Gasteiger partial charge in [0.15, 0.2) is 0 Å². The summed E-state index contributed by atoms with van der Waals surface area (Å²) in [6.45, 7) is 3.74. The van der Waals surface area contributed by atoms with E-state index in [9.17, 15) is 0 Å². The third-order valence-electron chi connectivity index (χ3n) is 1.20. The first-order valence-corrected chi connectivity index (χ1v) is 3.18. The Morgan fingerprint density at radius 3 is 2.90 bits per heavy atom. The van der Waals surface area contributed by atoms with Gasteiger partial charge in [0, 0.05) is 12.3 Å². The van der Waals surface area contributed by atoms with E-state index in [2.05, 4.69) is 4.98 Å². The molecule has 0 unspecified atom stereocenters. The van der Waals surface area contributed by atoms with Crippen molar-refractivity contribution in [2.24, 2.45) is 0 Å². The van der Waals surface area contributed by atoms with Crippen LogP contribution in [0.2, 0.25) is 0 Å². The van der Waals surface area contributed by atoms with Crippen LogP contribution >= 0.6 is 0 Å². The van der Waals surface area contributed by atoms with Crippen molar-refractivity contribution in [3.8, 4) is 0 Å². The Kier molecular flexibility index (Phi) is 1.07. The third-order valence-corrected chi connectivity index (χ3v) is 1.20. The molecule has 1 aromatic rings. The lowest BCUT2D eigenvalue weighted by Gasteiger charge is -2.03. The van der Waals surface area contributed by atoms with Crippen molar-refractivity contribution in [1.29, 1.82) is 0 Å². The Bertz CT molecular complexity index is 337. The Balaban J connectivity index is 3.44. The highest BCUT2D eigenvalue weighted by molar-refractivity contribution is 5.37. The summed E-state index contributed by atoms with van der Waals surface area (Å²) in [5.74, 6) is 0.0374. The van der Waals surface area contributed by atoms with Crippen LogP contribution in [0.4, 0.5) is 5.69 Å². The van der Waals surface area contributed by atoms with Gasteiger partial charge in [-0.1, -0.05) is 13.8 Å². The maximum atomic E-state index is 7.60. The van der Waals surface area contributed by atoms with Crippen LogP contribution in [0.25, 0.3) is 0 Å². The van der Waals surface area contributed by atoms with Crippen molar-refractivity contribution in [2.75, 3.05) is 5.73 Å². The first-order valence-electron chi connectivity index (χ1n) is 4.68. The van der Waals surface area contributed by atoms with Crippen LogP contribution in [0.3, 0.4) is 0 Å². The highest BCUT2D eigenvalue weighted by Gasteiger charge is 1.97. The number of hydrogen-bond donors (Lipinski definition) is 1. The Morgan fingerprint density at radius 1 is 1.60 bits per heavy atom. The summed E-state index contributed by atoms with van der Waals surface area (Å²) in [4.78, 5) is 3.64. The van der Waals surface area contributed by atoms with Gasteiger partial charge in [-0.2, -0.15) is 0 Å². The van der Waals surface area contributed by atoms with Crippen molar-refractivity contribution in [3.05, 3.63) is 24.0 Å². The molecule has 0 aliphatic carbocycles. The van der Waals surface area contributed by atoms with Gasteiger partial charge in [-0.15, -0.1) is 0 Å². The van der Waals surface area contributed by atoms with Crippen molar-refractivity contribution in [1.82, 2.24) is 4.98 Å². The second-order valence-corrected chi connectivity index (χ2v) is 2.44. The van der Waals surface area contributed by atoms with Gasteiger partial charge in [0.25, 0.3) is 0 Å². The molecule has 54 valence electrons. The maximum absolute atomic E-state index is 7.60. The van der Waals surface area contributed by atoms with Crippen molar-refractivity contribution >= 4 is 5.69 Å². The van der Waals surface area contributed by atoms with Gasteiger partial charge in [-0.05, 0) is 17.5 Å². The molecule has 0 spiro atoms. The van der Waals surface area contributed by atoms with E-state index in [1.165, 1.54) is 0 Å². The van der Waals surface area contributed by atoms with Crippen molar-refractivity contribution < 1.29 is 4.11 Å². The number of nitrogens with zero attached hydrogens (tertiary/aromatic N) is 1. The van der Waals surface area contributed by atoms with Crippen LogP contribution in [0.5, 0.6) is 0 Å². The molecule has 0 saturated heterocycles. The first kappa shape index (κ1) is 3.96. The SMILES string of the molecule is [2H]c1nc([2H])c(C(C)C)c([2H])c1N. The van der Waals surface area contributed by atoms with Crippen LogP contribution in [0.1, 0.15) is 29.4 Å². The fourth-order valence-electron chi connectivity index (χ4n) is 0.623. The number of aromatic nitrogens is 1. The van der Waals surface area contributed by atoms with Crippen molar-refractivity contribution in [3.63, 3.8) is 0 Å². The van der Waals surface area contributed by atoms with Gasteiger partial charge in [0.05, 0.1) is 9.80 Å². The first-order chi connectivity index (χ1) is 5.95. The van der Waals surface area contributed by atoms with Crippen LogP contribution in [-0.4, -0.2) is 4.98 Å². The van der Waals surface area contributed by atoms with E-state index >= 15 is 0 Å². The summed E-state index contributed by atoms with van der Waals surface area (Å²) in [5, 5.41) is 0. The van der Waals surface area contributed by atoms with Gasteiger partial charge in [0.2, 0.25) is 0 Å². The lowest BCUT2D eigenvalue weighted by molar-refractivity contribution is 0.859. The molecule has 2 N–H and O–H groups in total. The second-order valence-electron chi connectivity index (χ2n) is 2.44. The number of rotatable bonds is 1. The van der Waals surface area contributed by atoms with E-state index in [1.54, 1.807) is 0 Å². The largest absolute Gasteiger partial charge is 0.397 e. The molecule has 2 heteroatoms. The standard InChI is InChI=1S/C8H12N2/c1-6(2)7-3-8(9)5-10-4-7/h3-6H,9H2,1-2H3/i3D,4D,5D. The molecule has 2 nitrogen and oxygen atoms in total. The minimum absolute atomic E-state index is 0.0146. The lowest BCUT2D eigenvalue weighted by Crippen LogP contribution is -1.92. The minimum Gasteiger partial charge on any atom is -0.397 e. The van der Waals surface area contributed by atoms with E-state index in [0.29, 0.717) is 5.56 Å². The van der Waals surface area contributed by atoms with Crippen LogP contribution in [-0.2, 0) is 0 Å². The molecule has 0 fully saturated rings. The average molecular weight is 139 g/mol. The number of nitrogen functional groups attached to an aromatic ring is 1. The average Bonchev–Trinajstić information content (AvgIpc) is 1.99. The third kappa shape index (κ3) is 1.47. The zero-order valence-electron chi connectivity index (χ0n) is 9.10. The molecule has 1 heterocycles. The number of hydrogen-bond acceptors (Lipinski definition) is 2. The monoisotopic (exact) mass is 139 g/mol. The topological polar surface area (TPSA) is 38.9 Å². The van der Waals surface area contributed by atoms with Gasteiger partial charge >= 0.3 is 0 Å². The molecule has 0 aromatic carbocycles. The lowest BCUT2D eigenvalue weighted by atomic mass is 10.1. The summed E-state index contributed by atoms with van der Waals surface area (Å²) in [6, 6.07) is 0.0694. The van der Waals surface area contributed by atoms with Gasteiger partial charge in [-0.3, -0.25) is 4.98 Å². The van der Waals surface area contributed by atoms with E-state index in [4.69, 9.17) is 9.85 Å². The maximum Gasteiger partial charge on any atom is 0.0862 e. The molecular formula is C8H12N2. The van der Waals surface area contributed by atoms with Crippen LogP contribution in [0, 0.1) is 0 Å². The Labute approximate surface area is 65.3 Å². The van der Waals surface area contributed by atoms with E-state index in [1.807, 2.05) is 13.8 Å². The zero-order valence-corrected chi connectivity index (χ0v) is 6.10. The van der Waals surface area contributed by atoms with Gasteiger partial charge < -0.3 is 5.73 Å². The van der Waals surface area contributed by atoms with Gasteiger partial charge in [-0.25, -0.2) is 0 Å². The molecule has 0 saturated carbocycles. The van der Waals surface area contributed by atoms with E-state index < -0.39 is 0 Å². The Hall–Kier alpha value is -1.05. The molecule has 10 heavy (non-hydrogen) atoms. The van der Waals surface area contributed by atoms with E-state index in [-0.39, 0.29) is 30.0 Å². The van der Waals surface area contributed by atoms with Gasteiger partial charge in [0.1, 0.15) is 0 Å². The molecule has 0 atom stereocenters. The van der Waals surface area contributed by atoms with Crippen LogP contribution in [0.15, 0.2) is 18.4 Å².